The second kappa shape index (κ2) is 8.57. The first-order valence-electron chi connectivity index (χ1n) is 12.0. The summed E-state index contributed by atoms with van der Waals surface area (Å²) in [5, 5.41) is 7.86. The van der Waals surface area contributed by atoms with Crippen molar-refractivity contribution in [2.24, 2.45) is 11.7 Å². The van der Waals surface area contributed by atoms with Crippen molar-refractivity contribution < 1.29 is 8.78 Å². The molecule has 4 heterocycles. The maximum absolute atomic E-state index is 14.9. The van der Waals surface area contributed by atoms with Crippen LogP contribution >= 0.6 is 0 Å². The van der Waals surface area contributed by atoms with Crippen molar-refractivity contribution in [3.8, 4) is 11.3 Å². The Kier molecular flexibility index (Phi) is 5.36. The molecule has 9 heteroatoms. The van der Waals surface area contributed by atoms with Crippen molar-refractivity contribution >= 4 is 22.8 Å². The molecule has 3 aromatic heterocycles. The van der Waals surface area contributed by atoms with E-state index in [-0.39, 0.29) is 23.2 Å². The van der Waals surface area contributed by atoms with E-state index in [1.807, 2.05) is 6.07 Å². The quantitative estimate of drug-likeness (QED) is 0.429. The lowest BCUT2D eigenvalue weighted by Gasteiger charge is -2.37. The summed E-state index contributed by atoms with van der Waals surface area (Å²) >= 11 is 0. The predicted molar refractivity (Wildman–Crippen MR) is 132 cm³/mol. The van der Waals surface area contributed by atoms with Crippen molar-refractivity contribution in [1.29, 1.82) is 0 Å². The summed E-state index contributed by atoms with van der Waals surface area (Å²) in [5.74, 6) is -0.0239. The zero-order valence-corrected chi connectivity index (χ0v) is 19.5. The van der Waals surface area contributed by atoms with Crippen molar-refractivity contribution in [3.05, 3.63) is 66.1 Å². The van der Waals surface area contributed by atoms with E-state index in [9.17, 15) is 8.78 Å². The summed E-state index contributed by atoms with van der Waals surface area (Å²) in [6, 6.07) is 8.29. The number of hydrogen-bond donors (Lipinski definition) is 2. The van der Waals surface area contributed by atoms with Crippen molar-refractivity contribution in [1.82, 2.24) is 19.6 Å². The maximum atomic E-state index is 14.9. The Morgan fingerprint density at radius 2 is 1.86 bits per heavy atom. The van der Waals surface area contributed by atoms with Gasteiger partial charge in [-0.15, -0.1) is 0 Å². The number of halogens is 2. The smallest absolute Gasteiger partial charge is 0.229 e. The Hall–Kier alpha value is -3.59. The minimum Gasteiger partial charge on any atom is -0.368 e. The topological polar surface area (TPSA) is 84.4 Å². The molecule has 2 fully saturated rings. The van der Waals surface area contributed by atoms with Gasteiger partial charge in [0.15, 0.2) is 0 Å². The molecule has 2 aliphatic rings. The van der Waals surface area contributed by atoms with Crippen LogP contribution in [0.15, 0.2) is 48.9 Å². The lowest BCUT2D eigenvalue weighted by Crippen LogP contribution is -2.46. The highest BCUT2D eigenvalue weighted by Crippen LogP contribution is 2.42. The van der Waals surface area contributed by atoms with Crippen LogP contribution in [0, 0.1) is 17.6 Å². The number of anilines is 3. The first-order chi connectivity index (χ1) is 17.0. The molecule has 35 heavy (non-hydrogen) atoms. The van der Waals surface area contributed by atoms with Gasteiger partial charge in [0.25, 0.3) is 0 Å². The monoisotopic (exact) mass is 475 g/mol. The fraction of sp³-hybridized carbons (Fsp3) is 0.346. The minimum absolute atomic E-state index is 0.104. The van der Waals surface area contributed by atoms with E-state index >= 15 is 0 Å². The van der Waals surface area contributed by atoms with Gasteiger partial charge in [-0.05, 0) is 67.0 Å². The van der Waals surface area contributed by atoms with Crippen LogP contribution in [0.2, 0.25) is 0 Å². The van der Waals surface area contributed by atoms with Gasteiger partial charge in [-0.3, -0.25) is 4.98 Å². The number of fused-ring (bicyclic) bond motifs is 1. The Morgan fingerprint density at radius 3 is 2.60 bits per heavy atom. The number of pyridine rings is 1. The zero-order valence-electron chi connectivity index (χ0n) is 19.5. The van der Waals surface area contributed by atoms with Gasteiger partial charge in [0.1, 0.15) is 11.6 Å². The SMILES string of the molecule is CC1CC(N)CN(c2ccncc2Nc2ncc3ccc(-c4c(F)cc(C5CC5)cc4F)nn23)C1. The molecular weight excluding hydrogens is 448 g/mol. The molecule has 2 unspecified atom stereocenters. The average Bonchev–Trinajstić information content (AvgIpc) is 3.60. The highest BCUT2D eigenvalue weighted by atomic mass is 19.1. The van der Waals surface area contributed by atoms with Gasteiger partial charge in [0, 0.05) is 25.3 Å². The molecule has 7 nitrogen and oxygen atoms in total. The van der Waals surface area contributed by atoms with E-state index in [1.165, 1.54) is 12.1 Å². The van der Waals surface area contributed by atoms with Gasteiger partial charge in [-0.1, -0.05) is 6.92 Å². The third-order valence-corrected chi connectivity index (χ3v) is 6.83. The number of nitrogens with one attached hydrogen (secondary N) is 1. The third-order valence-electron chi connectivity index (χ3n) is 6.83. The number of nitrogens with two attached hydrogens (primary N) is 1. The van der Waals surface area contributed by atoms with Crippen LogP contribution in [-0.4, -0.2) is 38.7 Å². The molecular formula is C26H27F2N7. The molecule has 2 atom stereocenters. The summed E-state index contributed by atoms with van der Waals surface area (Å²) in [6.07, 6.45) is 8.10. The third kappa shape index (κ3) is 4.20. The van der Waals surface area contributed by atoms with Crippen LogP contribution in [0.4, 0.5) is 26.1 Å². The Morgan fingerprint density at radius 1 is 1.06 bits per heavy atom. The molecule has 1 saturated heterocycles. The summed E-state index contributed by atoms with van der Waals surface area (Å²) in [4.78, 5) is 11.0. The molecule has 0 radical (unpaired) electrons. The molecule has 0 amide bonds. The molecule has 1 aliphatic heterocycles. The van der Waals surface area contributed by atoms with Crippen LogP contribution in [0.3, 0.4) is 0 Å². The summed E-state index contributed by atoms with van der Waals surface area (Å²) in [7, 11) is 0. The van der Waals surface area contributed by atoms with Crippen LogP contribution in [0.5, 0.6) is 0 Å². The second-order valence-corrected chi connectivity index (χ2v) is 9.79. The van der Waals surface area contributed by atoms with Crippen LogP contribution < -0.4 is 16.0 Å². The number of hydrogen-bond acceptors (Lipinski definition) is 6. The van der Waals surface area contributed by atoms with E-state index < -0.39 is 11.6 Å². The second-order valence-electron chi connectivity index (χ2n) is 9.79. The van der Waals surface area contributed by atoms with Gasteiger partial charge < -0.3 is 16.0 Å². The van der Waals surface area contributed by atoms with Crippen LogP contribution in [-0.2, 0) is 0 Å². The van der Waals surface area contributed by atoms with Crippen LogP contribution in [0.1, 0.15) is 37.7 Å². The summed E-state index contributed by atoms with van der Waals surface area (Å²) in [5.41, 5.74) is 9.50. The Labute approximate surface area is 202 Å². The van der Waals surface area contributed by atoms with Crippen LogP contribution in [0.25, 0.3) is 16.8 Å². The molecule has 1 aromatic carbocycles. The predicted octanol–water partition coefficient (Wildman–Crippen LogP) is 4.86. The maximum Gasteiger partial charge on any atom is 0.229 e. The van der Waals surface area contributed by atoms with Gasteiger partial charge in [0.05, 0.1) is 40.5 Å². The van der Waals surface area contributed by atoms with E-state index in [0.717, 1.165) is 43.7 Å². The van der Waals surface area contributed by atoms with E-state index in [4.69, 9.17) is 5.73 Å². The highest BCUT2D eigenvalue weighted by Gasteiger charge is 2.27. The normalized spacial score (nSPS) is 20.4. The Balaban J connectivity index is 1.35. The number of aromatic nitrogens is 4. The summed E-state index contributed by atoms with van der Waals surface area (Å²) in [6.45, 7) is 3.85. The molecule has 1 aliphatic carbocycles. The van der Waals surface area contributed by atoms with Crippen molar-refractivity contribution in [2.45, 2.75) is 38.1 Å². The van der Waals surface area contributed by atoms with Gasteiger partial charge in [-0.2, -0.15) is 9.61 Å². The van der Waals surface area contributed by atoms with E-state index in [0.29, 0.717) is 22.9 Å². The van der Waals surface area contributed by atoms with Crippen molar-refractivity contribution in [2.75, 3.05) is 23.3 Å². The highest BCUT2D eigenvalue weighted by molar-refractivity contribution is 5.74. The zero-order chi connectivity index (χ0) is 24.1. The first-order valence-corrected chi connectivity index (χ1v) is 12.0. The van der Waals surface area contributed by atoms with Gasteiger partial charge >= 0.3 is 0 Å². The molecule has 4 aromatic rings. The average molecular weight is 476 g/mol. The first kappa shape index (κ1) is 21.9. The van der Waals surface area contributed by atoms with E-state index in [1.54, 1.807) is 35.2 Å². The number of imidazole rings is 1. The molecule has 6 rings (SSSR count). The largest absolute Gasteiger partial charge is 0.368 e. The van der Waals surface area contributed by atoms with Gasteiger partial charge in [-0.25, -0.2) is 13.8 Å². The Bertz CT molecular complexity index is 1360. The number of rotatable bonds is 5. The molecule has 180 valence electrons. The number of piperidine rings is 1. The fourth-order valence-corrected chi connectivity index (χ4v) is 5.07. The molecule has 1 saturated carbocycles. The lowest BCUT2D eigenvalue weighted by molar-refractivity contribution is 0.402. The number of nitrogens with zero attached hydrogens (tertiary/aromatic N) is 5. The lowest BCUT2D eigenvalue weighted by atomic mass is 9.96. The van der Waals surface area contributed by atoms with E-state index in [2.05, 4.69) is 32.2 Å². The standard InChI is InChI=1S/C26H27F2N7/c1-15-8-18(29)14-34(13-15)24-6-7-30-12-23(24)32-26-31-11-19-4-5-22(33-35(19)26)25-20(27)9-17(10-21(25)28)16-2-3-16/h4-7,9-12,15-16,18H,2-3,8,13-14,29H2,1H3,(H,31,32). The summed E-state index contributed by atoms with van der Waals surface area (Å²) < 4.78 is 31.4. The molecule has 0 bridgehead atoms. The molecule has 3 N–H and O–H groups in total. The minimum atomic E-state index is -0.599. The fourth-order valence-electron chi connectivity index (χ4n) is 5.07. The van der Waals surface area contributed by atoms with Gasteiger partial charge in [0.2, 0.25) is 5.95 Å². The molecule has 0 spiro atoms. The van der Waals surface area contributed by atoms with Crippen molar-refractivity contribution in [3.63, 3.8) is 0 Å². The number of benzene rings is 1.